The topological polar surface area (TPSA) is 93.6 Å². The van der Waals surface area contributed by atoms with E-state index in [1.165, 1.54) is 16.1 Å². The summed E-state index contributed by atoms with van der Waals surface area (Å²) in [6.07, 6.45) is 3.20. The highest BCUT2D eigenvalue weighted by Crippen LogP contribution is 2.27. The second-order valence-electron chi connectivity index (χ2n) is 6.58. The molecule has 0 aliphatic carbocycles. The number of halogens is 1. The minimum absolute atomic E-state index is 0.199. The molecule has 0 atom stereocenters. The molecule has 0 aliphatic rings. The Morgan fingerprint density at radius 1 is 1.16 bits per heavy atom. The number of oxazole rings is 1. The Balaban J connectivity index is 1.56. The average Bonchev–Trinajstić information content (AvgIpc) is 3.39. The summed E-state index contributed by atoms with van der Waals surface area (Å²) in [5.41, 5.74) is 1.41. The van der Waals surface area contributed by atoms with Crippen LogP contribution in [0.2, 0.25) is 5.02 Å². The van der Waals surface area contributed by atoms with E-state index in [1.54, 1.807) is 35.0 Å². The summed E-state index contributed by atoms with van der Waals surface area (Å²) in [6.45, 7) is 4.43. The standard InChI is InChI=1S/C20H20ClN5O3S2/c1-3-25(4-2)31(27,28)16-8-9-18-23-24-20(26(18)12-16)30-13-19-22-11-17(29-19)14-6-5-7-15(21)10-14/h5-12H,3-4,13H2,1-2H3. The molecule has 4 rings (SSSR count). The van der Waals surface area contributed by atoms with E-state index in [1.807, 2.05) is 32.0 Å². The largest absolute Gasteiger partial charge is 0.440 e. The lowest BCUT2D eigenvalue weighted by Crippen LogP contribution is -2.30. The van der Waals surface area contributed by atoms with Crippen molar-refractivity contribution in [1.29, 1.82) is 0 Å². The number of benzene rings is 1. The van der Waals surface area contributed by atoms with E-state index in [0.29, 0.717) is 46.3 Å². The van der Waals surface area contributed by atoms with Crippen LogP contribution >= 0.6 is 23.4 Å². The van der Waals surface area contributed by atoms with Gasteiger partial charge in [-0.25, -0.2) is 13.4 Å². The summed E-state index contributed by atoms with van der Waals surface area (Å²) in [5, 5.41) is 9.47. The SMILES string of the molecule is CCN(CC)S(=O)(=O)c1ccc2nnc(SCc3ncc(-c4cccc(Cl)c4)o3)n2c1. The molecule has 0 saturated carbocycles. The number of fused-ring (bicyclic) bond motifs is 1. The van der Waals surface area contributed by atoms with E-state index in [0.717, 1.165) is 5.56 Å². The number of rotatable bonds is 8. The van der Waals surface area contributed by atoms with Gasteiger partial charge in [0.15, 0.2) is 16.6 Å². The summed E-state index contributed by atoms with van der Waals surface area (Å²) in [5.74, 6) is 1.55. The maximum absolute atomic E-state index is 12.8. The van der Waals surface area contributed by atoms with Gasteiger partial charge in [0.25, 0.3) is 0 Å². The molecule has 0 unspecified atom stereocenters. The second-order valence-corrected chi connectivity index (χ2v) is 9.90. The van der Waals surface area contributed by atoms with Crippen LogP contribution in [0.15, 0.2) is 63.3 Å². The van der Waals surface area contributed by atoms with Crippen LogP contribution in [0.3, 0.4) is 0 Å². The predicted octanol–water partition coefficient (Wildman–Crippen LogP) is 4.36. The average molecular weight is 478 g/mol. The molecule has 31 heavy (non-hydrogen) atoms. The van der Waals surface area contributed by atoms with Crippen LogP contribution in [-0.4, -0.2) is 45.4 Å². The molecule has 1 aromatic carbocycles. The number of sulfonamides is 1. The molecular weight excluding hydrogens is 458 g/mol. The van der Waals surface area contributed by atoms with E-state index in [9.17, 15) is 8.42 Å². The molecule has 11 heteroatoms. The molecule has 0 amide bonds. The summed E-state index contributed by atoms with van der Waals surface area (Å²) >= 11 is 7.40. The molecule has 0 aliphatic heterocycles. The van der Waals surface area contributed by atoms with Crippen LogP contribution in [0.4, 0.5) is 0 Å². The lowest BCUT2D eigenvalue weighted by Gasteiger charge is -2.18. The second kappa shape index (κ2) is 8.99. The Morgan fingerprint density at radius 3 is 2.71 bits per heavy atom. The van der Waals surface area contributed by atoms with Crippen molar-refractivity contribution in [3.8, 4) is 11.3 Å². The highest BCUT2D eigenvalue weighted by molar-refractivity contribution is 7.98. The smallest absolute Gasteiger partial charge is 0.244 e. The molecule has 3 heterocycles. The van der Waals surface area contributed by atoms with E-state index < -0.39 is 10.0 Å². The highest BCUT2D eigenvalue weighted by atomic mass is 35.5. The summed E-state index contributed by atoms with van der Waals surface area (Å²) in [6, 6.07) is 10.5. The summed E-state index contributed by atoms with van der Waals surface area (Å²) in [4.78, 5) is 4.51. The number of hydrogen-bond donors (Lipinski definition) is 0. The van der Waals surface area contributed by atoms with Gasteiger partial charge < -0.3 is 4.42 Å². The molecule has 0 spiro atoms. The molecule has 3 aromatic heterocycles. The van der Waals surface area contributed by atoms with Gasteiger partial charge in [0.1, 0.15) is 0 Å². The van der Waals surface area contributed by atoms with Crippen molar-refractivity contribution >= 4 is 39.0 Å². The van der Waals surface area contributed by atoms with Crippen molar-refractivity contribution in [1.82, 2.24) is 23.9 Å². The van der Waals surface area contributed by atoms with E-state index in [2.05, 4.69) is 15.2 Å². The van der Waals surface area contributed by atoms with Crippen LogP contribution in [-0.2, 0) is 15.8 Å². The van der Waals surface area contributed by atoms with Crippen molar-refractivity contribution < 1.29 is 12.8 Å². The minimum Gasteiger partial charge on any atom is -0.440 e. The normalized spacial score (nSPS) is 12.1. The Kier molecular flexibility index (Phi) is 6.33. The van der Waals surface area contributed by atoms with Gasteiger partial charge in [-0.1, -0.05) is 49.3 Å². The molecule has 162 valence electrons. The first-order valence-electron chi connectivity index (χ1n) is 9.60. The molecule has 8 nitrogen and oxygen atoms in total. The van der Waals surface area contributed by atoms with Crippen LogP contribution in [0.25, 0.3) is 17.0 Å². The highest BCUT2D eigenvalue weighted by Gasteiger charge is 2.23. The zero-order valence-corrected chi connectivity index (χ0v) is 19.3. The van der Waals surface area contributed by atoms with Crippen LogP contribution < -0.4 is 0 Å². The van der Waals surface area contributed by atoms with Crippen molar-refractivity contribution in [3.63, 3.8) is 0 Å². The van der Waals surface area contributed by atoms with E-state index in [-0.39, 0.29) is 4.90 Å². The fraction of sp³-hybridized carbons (Fsp3) is 0.250. The van der Waals surface area contributed by atoms with Crippen molar-refractivity contribution in [2.24, 2.45) is 0 Å². The van der Waals surface area contributed by atoms with Gasteiger partial charge >= 0.3 is 0 Å². The third-order valence-corrected chi connectivity index (χ3v) is 7.87. The molecule has 0 radical (unpaired) electrons. The van der Waals surface area contributed by atoms with Crippen LogP contribution in [0.1, 0.15) is 19.7 Å². The van der Waals surface area contributed by atoms with Crippen molar-refractivity contribution in [2.75, 3.05) is 13.1 Å². The van der Waals surface area contributed by atoms with E-state index in [4.69, 9.17) is 16.0 Å². The molecule has 0 bridgehead atoms. The zero-order chi connectivity index (χ0) is 22.0. The van der Waals surface area contributed by atoms with Gasteiger partial charge in [-0.15, -0.1) is 10.2 Å². The summed E-state index contributed by atoms with van der Waals surface area (Å²) in [7, 11) is -3.58. The Labute approximate surface area is 189 Å². The molecule has 0 saturated heterocycles. The first kappa shape index (κ1) is 21.8. The fourth-order valence-corrected chi connectivity index (χ4v) is 5.51. The van der Waals surface area contributed by atoms with Crippen LogP contribution in [0.5, 0.6) is 0 Å². The fourth-order valence-electron chi connectivity index (χ4n) is 3.09. The Morgan fingerprint density at radius 2 is 1.97 bits per heavy atom. The quantitative estimate of drug-likeness (QED) is 0.348. The Hall–Kier alpha value is -2.40. The summed E-state index contributed by atoms with van der Waals surface area (Å²) < 4.78 is 34.6. The third kappa shape index (κ3) is 4.47. The molecular formula is C20H20ClN5O3S2. The van der Waals surface area contributed by atoms with Crippen molar-refractivity contribution in [3.05, 3.63) is 59.7 Å². The minimum atomic E-state index is -3.58. The number of aromatic nitrogens is 4. The number of nitrogens with zero attached hydrogens (tertiary/aromatic N) is 5. The number of pyridine rings is 1. The Bertz CT molecular complexity index is 1320. The molecule has 4 aromatic rings. The van der Waals surface area contributed by atoms with Gasteiger partial charge in [-0.3, -0.25) is 4.40 Å². The van der Waals surface area contributed by atoms with E-state index >= 15 is 0 Å². The first-order chi connectivity index (χ1) is 14.9. The maximum atomic E-state index is 12.8. The monoisotopic (exact) mass is 477 g/mol. The lowest BCUT2D eigenvalue weighted by molar-refractivity contribution is 0.445. The maximum Gasteiger partial charge on any atom is 0.244 e. The van der Waals surface area contributed by atoms with Crippen molar-refractivity contribution in [2.45, 2.75) is 29.7 Å². The zero-order valence-electron chi connectivity index (χ0n) is 16.9. The van der Waals surface area contributed by atoms with Gasteiger partial charge in [-0.2, -0.15) is 4.31 Å². The first-order valence-corrected chi connectivity index (χ1v) is 12.4. The molecule has 0 fully saturated rings. The lowest BCUT2D eigenvalue weighted by atomic mass is 10.2. The third-order valence-electron chi connectivity index (χ3n) is 4.67. The van der Waals surface area contributed by atoms with Gasteiger partial charge in [0, 0.05) is 29.9 Å². The van der Waals surface area contributed by atoms with Gasteiger partial charge in [0.2, 0.25) is 15.9 Å². The van der Waals surface area contributed by atoms with Gasteiger partial charge in [-0.05, 0) is 24.3 Å². The number of thioether (sulfide) groups is 1. The molecule has 0 N–H and O–H groups in total. The van der Waals surface area contributed by atoms with Gasteiger partial charge in [0.05, 0.1) is 16.8 Å². The number of hydrogen-bond acceptors (Lipinski definition) is 7. The van der Waals surface area contributed by atoms with Crippen LogP contribution in [0, 0.1) is 0 Å². The predicted molar refractivity (Wildman–Crippen MR) is 120 cm³/mol.